The van der Waals surface area contributed by atoms with E-state index in [0.29, 0.717) is 5.69 Å². The maximum absolute atomic E-state index is 12.9. The van der Waals surface area contributed by atoms with Crippen molar-refractivity contribution in [2.75, 3.05) is 11.6 Å². The van der Waals surface area contributed by atoms with Crippen molar-refractivity contribution in [2.24, 2.45) is 0 Å². The van der Waals surface area contributed by atoms with Crippen molar-refractivity contribution in [3.63, 3.8) is 0 Å². The number of carbonyl (C=O) groups is 1. The number of para-hydroxylation sites is 1. The number of anilines is 1. The molecule has 2 aromatic carbocycles. The van der Waals surface area contributed by atoms with Crippen LogP contribution in [0.15, 0.2) is 58.3 Å². The summed E-state index contributed by atoms with van der Waals surface area (Å²) in [4.78, 5) is 13.1. The molecule has 0 aliphatic rings. The molecule has 0 bridgehead atoms. The predicted molar refractivity (Wildman–Crippen MR) is 89.9 cm³/mol. The molecule has 1 amide bonds. The Hall–Kier alpha value is -1.86. The largest absolute Gasteiger partial charge is 0.324 e. The molecule has 1 unspecified atom stereocenters. The van der Waals surface area contributed by atoms with Crippen LogP contribution in [-0.4, -0.2) is 25.8 Å². The molecule has 0 spiro atoms. The molecule has 0 aliphatic carbocycles. The second kappa shape index (κ2) is 7.14. The second-order valence-electron chi connectivity index (χ2n) is 4.83. The maximum atomic E-state index is 12.9. The van der Waals surface area contributed by atoms with Gasteiger partial charge in [0.1, 0.15) is 11.1 Å². The van der Waals surface area contributed by atoms with Crippen molar-refractivity contribution in [1.29, 1.82) is 0 Å². The maximum Gasteiger partial charge on any atom is 0.242 e. The van der Waals surface area contributed by atoms with Gasteiger partial charge in [-0.3, -0.25) is 4.79 Å². The Morgan fingerprint density at radius 2 is 1.74 bits per heavy atom. The molecule has 7 heteroatoms. The fraction of sp³-hybridized carbons (Fsp3) is 0.188. The van der Waals surface area contributed by atoms with E-state index in [1.807, 2.05) is 18.4 Å². The van der Waals surface area contributed by atoms with Gasteiger partial charge in [-0.05, 0) is 49.6 Å². The van der Waals surface area contributed by atoms with E-state index < -0.39 is 26.8 Å². The number of amides is 1. The summed E-state index contributed by atoms with van der Waals surface area (Å²) in [6.45, 7) is 1.32. The molecule has 0 heterocycles. The van der Waals surface area contributed by atoms with Gasteiger partial charge in [0.05, 0.1) is 10.6 Å². The second-order valence-corrected chi connectivity index (χ2v) is 7.95. The van der Waals surface area contributed by atoms with Crippen molar-refractivity contribution < 1.29 is 17.6 Å². The third-order valence-electron chi connectivity index (χ3n) is 3.34. The fourth-order valence-corrected chi connectivity index (χ4v) is 3.77. The number of thioether (sulfide) groups is 1. The highest BCUT2D eigenvalue weighted by Gasteiger charge is 2.30. The van der Waals surface area contributed by atoms with Crippen LogP contribution in [0.25, 0.3) is 0 Å². The quantitative estimate of drug-likeness (QED) is 0.661. The molecule has 0 saturated heterocycles. The summed E-state index contributed by atoms with van der Waals surface area (Å²) in [6, 6.07) is 11.6. The average molecular weight is 353 g/mol. The van der Waals surface area contributed by atoms with Gasteiger partial charge in [0.25, 0.3) is 0 Å². The standard InChI is InChI=1S/C16H16FNO3S2/c1-11(23(20,21)13-9-7-12(17)8-10-13)16(19)18-14-5-3-4-6-15(14)22-2/h3-11H,1-2H3,(H,18,19). The van der Waals surface area contributed by atoms with Crippen LogP contribution in [0, 0.1) is 5.82 Å². The van der Waals surface area contributed by atoms with Gasteiger partial charge in [0, 0.05) is 4.90 Å². The molecule has 2 rings (SSSR count). The van der Waals surface area contributed by atoms with E-state index >= 15 is 0 Å². The van der Waals surface area contributed by atoms with Gasteiger partial charge < -0.3 is 5.32 Å². The topological polar surface area (TPSA) is 63.2 Å². The number of sulfone groups is 1. The first kappa shape index (κ1) is 17.5. The van der Waals surface area contributed by atoms with Crippen LogP contribution in [0.4, 0.5) is 10.1 Å². The molecule has 0 saturated carbocycles. The Bertz CT molecular complexity index is 804. The molecule has 1 N–H and O–H groups in total. The van der Waals surface area contributed by atoms with E-state index in [2.05, 4.69) is 5.32 Å². The Morgan fingerprint density at radius 1 is 1.13 bits per heavy atom. The van der Waals surface area contributed by atoms with Crippen molar-refractivity contribution in [2.45, 2.75) is 22.0 Å². The van der Waals surface area contributed by atoms with Crippen LogP contribution in [0.3, 0.4) is 0 Å². The third kappa shape index (κ3) is 3.92. The lowest BCUT2D eigenvalue weighted by atomic mass is 10.3. The van der Waals surface area contributed by atoms with Gasteiger partial charge in [0.2, 0.25) is 5.91 Å². The number of hydrogen-bond donors (Lipinski definition) is 1. The van der Waals surface area contributed by atoms with E-state index in [1.54, 1.807) is 12.1 Å². The molecule has 122 valence electrons. The van der Waals surface area contributed by atoms with Gasteiger partial charge in [-0.25, -0.2) is 12.8 Å². The van der Waals surface area contributed by atoms with E-state index in [4.69, 9.17) is 0 Å². The van der Waals surface area contributed by atoms with Crippen LogP contribution in [0.2, 0.25) is 0 Å². The van der Waals surface area contributed by atoms with E-state index in [0.717, 1.165) is 29.2 Å². The highest BCUT2D eigenvalue weighted by atomic mass is 32.2. The summed E-state index contributed by atoms with van der Waals surface area (Å²) in [5, 5.41) is 1.35. The van der Waals surface area contributed by atoms with E-state index in [1.165, 1.54) is 18.7 Å². The minimum absolute atomic E-state index is 0.0836. The van der Waals surface area contributed by atoms with Crippen molar-refractivity contribution in [1.82, 2.24) is 0 Å². The summed E-state index contributed by atoms with van der Waals surface area (Å²) in [6.07, 6.45) is 1.86. The Labute approximate surface area is 139 Å². The summed E-state index contributed by atoms with van der Waals surface area (Å²) in [5.74, 6) is -1.16. The molecule has 0 radical (unpaired) electrons. The molecule has 0 aliphatic heterocycles. The molecule has 2 aromatic rings. The third-order valence-corrected chi connectivity index (χ3v) is 6.21. The highest BCUT2D eigenvalue weighted by molar-refractivity contribution is 7.98. The lowest BCUT2D eigenvalue weighted by Crippen LogP contribution is -2.32. The predicted octanol–water partition coefficient (Wildman–Crippen LogP) is 3.35. The SMILES string of the molecule is CSc1ccccc1NC(=O)C(C)S(=O)(=O)c1ccc(F)cc1. The summed E-state index contributed by atoms with van der Waals surface area (Å²) in [5.41, 5.74) is 0.561. The minimum atomic E-state index is -3.88. The zero-order valence-corrected chi connectivity index (χ0v) is 14.2. The van der Waals surface area contributed by atoms with Crippen LogP contribution in [0.1, 0.15) is 6.92 Å². The number of hydrogen-bond acceptors (Lipinski definition) is 4. The number of carbonyl (C=O) groups excluding carboxylic acids is 1. The Kier molecular flexibility index (Phi) is 5.43. The molecule has 1 atom stereocenters. The van der Waals surface area contributed by atoms with Gasteiger partial charge in [-0.15, -0.1) is 11.8 Å². The van der Waals surface area contributed by atoms with Gasteiger partial charge in [-0.2, -0.15) is 0 Å². The zero-order chi connectivity index (χ0) is 17.0. The van der Waals surface area contributed by atoms with Crippen LogP contribution < -0.4 is 5.32 Å². The fourth-order valence-electron chi connectivity index (χ4n) is 1.95. The average Bonchev–Trinajstić information content (AvgIpc) is 2.55. The first-order valence-corrected chi connectivity index (χ1v) is 9.56. The molecular weight excluding hydrogens is 337 g/mol. The first-order valence-electron chi connectivity index (χ1n) is 6.79. The lowest BCUT2D eigenvalue weighted by molar-refractivity contribution is -0.115. The van der Waals surface area contributed by atoms with Crippen LogP contribution in [0.5, 0.6) is 0 Å². The van der Waals surface area contributed by atoms with Gasteiger partial charge >= 0.3 is 0 Å². The molecule has 0 aromatic heterocycles. The zero-order valence-electron chi connectivity index (χ0n) is 12.6. The highest BCUT2D eigenvalue weighted by Crippen LogP contribution is 2.25. The number of benzene rings is 2. The van der Waals surface area contributed by atoms with Crippen LogP contribution >= 0.6 is 11.8 Å². The molecular formula is C16H16FNO3S2. The van der Waals surface area contributed by atoms with Crippen molar-refractivity contribution >= 4 is 33.2 Å². The van der Waals surface area contributed by atoms with Crippen LogP contribution in [-0.2, 0) is 14.6 Å². The van der Waals surface area contributed by atoms with E-state index in [9.17, 15) is 17.6 Å². The summed E-state index contributed by atoms with van der Waals surface area (Å²) in [7, 11) is -3.88. The van der Waals surface area contributed by atoms with E-state index in [-0.39, 0.29) is 4.90 Å². The van der Waals surface area contributed by atoms with Gasteiger partial charge in [0.15, 0.2) is 9.84 Å². The monoisotopic (exact) mass is 353 g/mol. The normalized spacial score (nSPS) is 12.7. The minimum Gasteiger partial charge on any atom is -0.324 e. The Balaban J connectivity index is 2.23. The van der Waals surface area contributed by atoms with Gasteiger partial charge in [-0.1, -0.05) is 12.1 Å². The smallest absolute Gasteiger partial charge is 0.242 e. The molecule has 23 heavy (non-hydrogen) atoms. The lowest BCUT2D eigenvalue weighted by Gasteiger charge is -2.15. The Morgan fingerprint density at radius 3 is 2.35 bits per heavy atom. The molecule has 4 nitrogen and oxygen atoms in total. The number of nitrogens with one attached hydrogen (secondary N) is 1. The number of halogens is 1. The molecule has 0 fully saturated rings. The first-order chi connectivity index (χ1) is 10.9. The summed E-state index contributed by atoms with van der Waals surface area (Å²) >= 11 is 1.45. The summed E-state index contributed by atoms with van der Waals surface area (Å²) < 4.78 is 37.8. The van der Waals surface area contributed by atoms with Crippen molar-refractivity contribution in [3.8, 4) is 0 Å². The van der Waals surface area contributed by atoms with Crippen molar-refractivity contribution in [3.05, 3.63) is 54.3 Å². The number of rotatable bonds is 5.